The summed E-state index contributed by atoms with van der Waals surface area (Å²) >= 11 is 0.818. The third-order valence-electron chi connectivity index (χ3n) is 3.13. The van der Waals surface area contributed by atoms with Gasteiger partial charge in [-0.1, -0.05) is 16.9 Å². The van der Waals surface area contributed by atoms with Crippen LogP contribution in [0.3, 0.4) is 0 Å². The number of oxime groups is 1. The molecule has 0 radical (unpaired) electrons. The molecule has 0 heterocycles. The van der Waals surface area contributed by atoms with Gasteiger partial charge in [0.2, 0.25) is 15.8 Å². The van der Waals surface area contributed by atoms with E-state index >= 15 is 0 Å². The molecule has 0 fully saturated rings. The summed E-state index contributed by atoms with van der Waals surface area (Å²) in [7, 11) is -3.63. The van der Waals surface area contributed by atoms with Crippen molar-refractivity contribution in [1.29, 1.82) is 0 Å². The second-order valence-electron chi connectivity index (χ2n) is 5.28. The molecule has 6 nitrogen and oxygen atoms in total. The highest BCUT2D eigenvalue weighted by Gasteiger charge is 2.17. The molecule has 0 aliphatic rings. The number of hydrogen-bond donors (Lipinski definition) is 2. The number of halogens is 2. The minimum atomic E-state index is -3.63. The highest BCUT2D eigenvalue weighted by Crippen LogP contribution is 2.36. The van der Waals surface area contributed by atoms with Crippen molar-refractivity contribution in [3.8, 4) is 0 Å². The maximum absolute atomic E-state index is 13.9. The van der Waals surface area contributed by atoms with Crippen molar-refractivity contribution in [2.75, 3.05) is 11.0 Å². The fourth-order valence-corrected chi connectivity index (χ4v) is 3.55. The minimum absolute atomic E-state index is 0.0418. The summed E-state index contributed by atoms with van der Waals surface area (Å²) in [6.45, 7) is 1.30. The number of carbonyl (C=O) groups is 1. The van der Waals surface area contributed by atoms with Crippen LogP contribution in [0, 0.1) is 11.6 Å². The summed E-state index contributed by atoms with van der Waals surface area (Å²) < 4.78 is 52.3. The Bertz CT molecular complexity index is 992. The Morgan fingerprint density at radius 3 is 2.42 bits per heavy atom. The maximum Gasteiger partial charge on any atom is 0.229 e. The van der Waals surface area contributed by atoms with Crippen LogP contribution in [0.2, 0.25) is 0 Å². The van der Waals surface area contributed by atoms with Gasteiger partial charge in [-0.05, 0) is 37.3 Å². The molecule has 2 rings (SSSR count). The van der Waals surface area contributed by atoms with E-state index in [9.17, 15) is 22.0 Å². The van der Waals surface area contributed by atoms with E-state index in [0.29, 0.717) is 6.07 Å². The van der Waals surface area contributed by atoms with E-state index in [0.717, 1.165) is 24.1 Å². The zero-order valence-electron chi connectivity index (χ0n) is 13.7. The molecule has 0 aliphatic carbocycles. The van der Waals surface area contributed by atoms with Gasteiger partial charge in [0.05, 0.1) is 11.9 Å². The highest BCUT2D eigenvalue weighted by atomic mass is 32.2. The molecular weight excluding hydrogens is 386 g/mol. The highest BCUT2D eigenvalue weighted by molar-refractivity contribution is 7.99. The number of carbonyl (C=O) groups excluding carboxylic acids is 1. The van der Waals surface area contributed by atoms with Crippen molar-refractivity contribution in [3.63, 3.8) is 0 Å². The largest absolute Gasteiger partial charge is 0.411 e. The number of rotatable bonds is 6. The van der Waals surface area contributed by atoms with Crippen molar-refractivity contribution in [3.05, 3.63) is 53.6 Å². The van der Waals surface area contributed by atoms with Gasteiger partial charge in [0.15, 0.2) is 0 Å². The molecule has 2 N–H and O–H groups in total. The van der Waals surface area contributed by atoms with Crippen molar-refractivity contribution in [2.24, 2.45) is 5.16 Å². The summed E-state index contributed by atoms with van der Waals surface area (Å²) in [5.41, 5.74) is 0.0680. The topological polar surface area (TPSA) is 95.8 Å². The van der Waals surface area contributed by atoms with Gasteiger partial charge in [0.25, 0.3) is 0 Å². The average Bonchev–Trinajstić information content (AvgIpc) is 2.56. The first kappa shape index (κ1) is 19.9. The van der Waals surface area contributed by atoms with Gasteiger partial charge in [0.1, 0.15) is 17.3 Å². The first-order valence-electron chi connectivity index (χ1n) is 7.09. The van der Waals surface area contributed by atoms with E-state index in [1.54, 1.807) is 0 Å². The van der Waals surface area contributed by atoms with Crippen LogP contribution < -0.4 is 4.72 Å². The number of nitrogens with zero attached hydrogens (tertiary/aromatic N) is 1. The smallest absolute Gasteiger partial charge is 0.229 e. The van der Waals surface area contributed by atoms with Gasteiger partial charge in [-0.15, -0.1) is 0 Å². The van der Waals surface area contributed by atoms with Crippen molar-refractivity contribution < 1.29 is 27.2 Å². The summed E-state index contributed by atoms with van der Waals surface area (Å²) in [5, 5.41) is 11.6. The summed E-state index contributed by atoms with van der Waals surface area (Å²) in [5.74, 6) is -2.16. The lowest BCUT2D eigenvalue weighted by atomic mass is 10.1. The number of benzene rings is 2. The molecule has 2 aromatic rings. The summed E-state index contributed by atoms with van der Waals surface area (Å²) in [4.78, 5) is 12.4. The van der Waals surface area contributed by atoms with E-state index in [1.165, 1.54) is 31.2 Å². The Hall–Kier alpha value is -2.46. The molecular formula is C16H14F2N2O4S2. The van der Waals surface area contributed by atoms with E-state index in [2.05, 4.69) is 9.88 Å². The van der Waals surface area contributed by atoms with E-state index in [1.807, 2.05) is 0 Å². The molecule has 10 heteroatoms. The second kappa shape index (κ2) is 7.83. The van der Waals surface area contributed by atoms with E-state index in [4.69, 9.17) is 5.21 Å². The van der Waals surface area contributed by atoms with Gasteiger partial charge in [-0.2, -0.15) is 0 Å². The molecule has 0 unspecified atom stereocenters. The van der Waals surface area contributed by atoms with E-state index in [-0.39, 0.29) is 26.8 Å². The lowest BCUT2D eigenvalue weighted by Crippen LogP contribution is -2.13. The lowest BCUT2D eigenvalue weighted by molar-refractivity contribution is 0.106. The van der Waals surface area contributed by atoms with Gasteiger partial charge in [-0.3, -0.25) is 9.52 Å². The third-order valence-corrected chi connectivity index (χ3v) is 4.83. The number of Topliss-reactive ketones (excluding diaryl/α,β-unsaturated/α-hetero) is 1. The Morgan fingerprint density at radius 1 is 1.15 bits per heavy atom. The first-order chi connectivity index (χ1) is 12.1. The molecule has 0 spiro atoms. The van der Waals surface area contributed by atoms with Gasteiger partial charge in [0, 0.05) is 21.4 Å². The number of hydrogen-bond acceptors (Lipinski definition) is 6. The molecule has 0 atom stereocenters. The number of sulfonamides is 1. The van der Waals surface area contributed by atoms with Crippen LogP contribution in [-0.2, 0) is 10.0 Å². The first-order valence-corrected chi connectivity index (χ1v) is 9.79. The second-order valence-corrected chi connectivity index (χ2v) is 8.11. The molecule has 0 bridgehead atoms. The number of nitrogens with one attached hydrogen (secondary N) is 1. The van der Waals surface area contributed by atoms with Gasteiger partial charge in [-0.25, -0.2) is 17.2 Å². The van der Waals surface area contributed by atoms with Crippen LogP contribution in [-0.4, -0.2) is 31.4 Å². The van der Waals surface area contributed by atoms with Gasteiger partial charge < -0.3 is 5.21 Å². The van der Waals surface area contributed by atoms with Crippen LogP contribution in [0.5, 0.6) is 0 Å². The van der Waals surface area contributed by atoms with Crippen molar-refractivity contribution in [2.45, 2.75) is 16.7 Å². The third kappa shape index (κ3) is 5.02. The quantitative estimate of drug-likeness (QED) is 0.335. The molecule has 0 aliphatic heterocycles. The van der Waals surface area contributed by atoms with Crippen LogP contribution in [0.1, 0.15) is 17.3 Å². The van der Waals surface area contributed by atoms with E-state index < -0.39 is 27.4 Å². The van der Waals surface area contributed by atoms with Crippen molar-refractivity contribution in [1.82, 2.24) is 0 Å². The number of ketones is 1. The predicted molar refractivity (Wildman–Crippen MR) is 94.6 cm³/mol. The molecule has 0 saturated heterocycles. The normalized spacial score (nSPS) is 12.1. The fourth-order valence-electron chi connectivity index (χ4n) is 1.96. The maximum atomic E-state index is 13.9. The van der Waals surface area contributed by atoms with Crippen molar-refractivity contribution >= 4 is 39.0 Å². The van der Waals surface area contributed by atoms with Crippen LogP contribution in [0.15, 0.2) is 51.3 Å². The zero-order valence-corrected chi connectivity index (χ0v) is 15.3. The van der Waals surface area contributed by atoms with Gasteiger partial charge >= 0.3 is 0 Å². The Labute approximate surface area is 153 Å². The Balaban J connectivity index is 2.52. The number of anilines is 1. The average molecular weight is 400 g/mol. The molecule has 2 aromatic carbocycles. The Morgan fingerprint density at radius 2 is 1.85 bits per heavy atom. The predicted octanol–water partition coefficient (Wildman–Crippen LogP) is 3.52. The SMILES string of the molecule is CC(=NO)C(=O)c1ccc(NS(C)(=O)=O)c(Sc2ccc(F)cc2F)c1. The Kier molecular flexibility index (Phi) is 5.98. The lowest BCUT2D eigenvalue weighted by Gasteiger charge is -2.12. The standard InChI is InChI=1S/C16H14F2N2O4S2/c1-9(19-22)16(21)10-3-5-13(20-26(2,23)24)15(7-10)25-14-6-4-11(17)8-12(14)18/h3-8,20,22H,1-2H3. The summed E-state index contributed by atoms with van der Waals surface area (Å²) in [6, 6.07) is 6.97. The van der Waals surface area contributed by atoms with Crippen LogP contribution >= 0.6 is 11.8 Å². The molecule has 0 saturated carbocycles. The van der Waals surface area contributed by atoms with Crippen LogP contribution in [0.4, 0.5) is 14.5 Å². The summed E-state index contributed by atoms with van der Waals surface area (Å²) in [6.07, 6.45) is 0.946. The molecule has 0 aromatic heterocycles. The van der Waals surface area contributed by atoms with Crippen LogP contribution in [0.25, 0.3) is 0 Å². The molecule has 0 amide bonds. The molecule has 138 valence electrons. The fraction of sp³-hybridized carbons (Fsp3) is 0.125. The monoisotopic (exact) mass is 400 g/mol. The zero-order chi connectivity index (χ0) is 19.5. The minimum Gasteiger partial charge on any atom is -0.411 e. The molecule has 26 heavy (non-hydrogen) atoms.